The first-order chi connectivity index (χ1) is 11.1. The summed E-state index contributed by atoms with van der Waals surface area (Å²) in [6.07, 6.45) is 5.41. The summed E-state index contributed by atoms with van der Waals surface area (Å²) >= 11 is 0. The van der Waals surface area contributed by atoms with Crippen LogP contribution in [0.5, 0.6) is 0 Å². The van der Waals surface area contributed by atoms with Crippen molar-refractivity contribution in [3.63, 3.8) is 0 Å². The van der Waals surface area contributed by atoms with Crippen LogP contribution in [-0.2, 0) is 0 Å². The van der Waals surface area contributed by atoms with E-state index in [1.807, 2.05) is 0 Å². The van der Waals surface area contributed by atoms with Crippen molar-refractivity contribution < 1.29 is 14.3 Å². The van der Waals surface area contributed by atoms with Crippen molar-refractivity contribution >= 4 is 11.6 Å². The molecule has 1 fully saturated rings. The molecule has 3 rings (SSSR count). The Kier molecular flexibility index (Phi) is 4.38. The summed E-state index contributed by atoms with van der Waals surface area (Å²) in [5.74, 6) is -0.226. The third-order valence-corrected chi connectivity index (χ3v) is 4.56. The van der Waals surface area contributed by atoms with Crippen LogP contribution in [0.4, 0.5) is 10.2 Å². The predicted octanol–water partition coefficient (Wildman–Crippen LogP) is 1.80. The second-order valence-corrected chi connectivity index (χ2v) is 5.95. The zero-order valence-electron chi connectivity index (χ0n) is 12.7. The highest BCUT2D eigenvalue weighted by Gasteiger charge is 2.41. The normalized spacial score (nSPS) is 27.1. The first-order valence-corrected chi connectivity index (χ1v) is 7.60. The maximum atomic E-state index is 14.4. The number of hydrogen-bond acceptors (Lipinski definition) is 5. The lowest BCUT2D eigenvalue weighted by Gasteiger charge is -2.18. The van der Waals surface area contributed by atoms with Gasteiger partial charge in [0, 0.05) is 30.8 Å². The molecule has 1 aliphatic carbocycles. The molecule has 7 heteroatoms. The summed E-state index contributed by atoms with van der Waals surface area (Å²) in [6.45, 7) is 1.75. The average Bonchev–Trinajstić information content (AvgIpc) is 3.19. The number of rotatable bonds is 5. The number of ketones is 1. The maximum Gasteiger partial charge on any atom is 0.199 e. The lowest BCUT2D eigenvalue weighted by atomic mass is 9.99. The molecule has 6 nitrogen and oxygen atoms in total. The number of aliphatic hydroxyl groups is 1. The van der Waals surface area contributed by atoms with Crippen molar-refractivity contribution in [2.45, 2.75) is 25.6 Å². The molecule has 0 aliphatic heterocycles. The Bertz CT molecular complexity index is 676. The monoisotopic (exact) mass is 318 g/mol. The Morgan fingerprint density at radius 3 is 3.04 bits per heavy atom. The van der Waals surface area contributed by atoms with E-state index in [9.17, 15) is 14.3 Å². The molecule has 4 atom stereocenters. The Hall–Kier alpha value is -2.28. The molecule has 1 aliphatic rings. The SMILES string of the molecule is C[C@@H]1[C@@H](CO)C[C@@H](Nc2ncncc2C(=O)c2cc[nH]c2)[C@H]1F. The van der Waals surface area contributed by atoms with Gasteiger partial charge in [-0.2, -0.15) is 0 Å². The number of carbonyl (C=O) groups excluding carboxylic acids is 1. The highest BCUT2D eigenvalue weighted by molar-refractivity contribution is 6.11. The van der Waals surface area contributed by atoms with Gasteiger partial charge in [0.25, 0.3) is 0 Å². The number of aromatic amines is 1. The zero-order chi connectivity index (χ0) is 16.4. The lowest BCUT2D eigenvalue weighted by Crippen LogP contribution is -2.29. The Labute approximate surface area is 133 Å². The number of nitrogens with one attached hydrogen (secondary N) is 2. The highest BCUT2D eigenvalue weighted by atomic mass is 19.1. The first-order valence-electron chi connectivity index (χ1n) is 7.60. The zero-order valence-corrected chi connectivity index (χ0v) is 12.7. The standard InChI is InChI=1S/C16H19FN4O2/c1-9-11(7-22)4-13(14(9)17)21-16-12(6-19-8-20-16)15(23)10-2-3-18-5-10/h2-3,5-6,8-9,11,13-14,18,22H,4,7H2,1H3,(H,19,20,21)/t9-,11-,13-,14+/m1/s1. The van der Waals surface area contributed by atoms with E-state index in [4.69, 9.17) is 0 Å². The van der Waals surface area contributed by atoms with Gasteiger partial charge < -0.3 is 15.4 Å². The van der Waals surface area contributed by atoms with E-state index >= 15 is 0 Å². The van der Waals surface area contributed by atoms with Crippen molar-refractivity contribution in [3.05, 3.63) is 42.1 Å². The molecule has 0 bridgehead atoms. The van der Waals surface area contributed by atoms with E-state index in [2.05, 4.69) is 20.3 Å². The number of aromatic nitrogens is 3. The quantitative estimate of drug-likeness (QED) is 0.731. The van der Waals surface area contributed by atoms with Crippen LogP contribution in [0.3, 0.4) is 0 Å². The van der Waals surface area contributed by atoms with Crippen LogP contribution in [0.1, 0.15) is 29.3 Å². The Morgan fingerprint density at radius 1 is 1.57 bits per heavy atom. The summed E-state index contributed by atoms with van der Waals surface area (Å²) in [6, 6.07) is 1.19. The minimum Gasteiger partial charge on any atom is -0.396 e. The van der Waals surface area contributed by atoms with Crippen molar-refractivity contribution in [1.29, 1.82) is 0 Å². The summed E-state index contributed by atoms with van der Waals surface area (Å²) in [5.41, 5.74) is 0.798. The first kappa shape index (κ1) is 15.6. The van der Waals surface area contributed by atoms with Crippen molar-refractivity contribution in [1.82, 2.24) is 15.0 Å². The lowest BCUT2D eigenvalue weighted by molar-refractivity contribution is 0.103. The van der Waals surface area contributed by atoms with Crippen LogP contribution >= 0.6 is 0 Å². The van der Waals surface area contributed by atoms with Crippen molar-refractivity contribution in [2.75, 3.05) is 11.9 Å². The van der Waals surface area contributed by atoms with Crippen LogP contribution in [0.2, 0.25) is 0 Å². The molecule has 2 heterocycles. The summed E-state index contributed by atoms with van der Waals surface area (Å²) in [7, 11) is 0. The van der Waals surface area contributed by atoms with Gasteiger partial charge in [0.1, 0.15) is 18.3 Å². The van der Waals surface area contributed by atoms with Gasteiger partial charge in [-0.05, 0) is 24.3 Å². The minimum atomic E-state index is -1.10. The second kappa shape index (κ2) is 6.45. The van der Waals surface area contributed by atoms with Crippen molar-refractivity contribution in [2.24, 2.45) is 11.8 Å². The van der Waals surface area contributed by atoms with Gasteiger partial charge in [-0.1, -0.05) is 6.92 Å². The smallest absolute Gasteiger partial charge is 0.199 e. The number of hydrogen-bond donors (Lipinski definition) is 3. The second-order valence-electron chi connectivity index (χ2n) is 5.95. The molecule has 122 valence electrons. The van der Waals surface area contributed by atoms with E-state index in [1.165, 1.54) is 12.5 Å². The van der Waals surface area contributed by atoms with E-state index in [-0.39, 0.29) is 24.2 Å². The molecule has 0 amide bonds. The third-order valence-electron chi connectivity index (χ3n) is 4.56. The topological polar surface area (TPSA) is 90.9 Å². The molecule has 0 unspecified atom stereocenters. The predicted molar refractivity (Wildman–Crippen MR) is 82.9 cm³/mol. The fourth-order valence-electron chi connectivity index (χ4n) is 3.08. The molecular weight excluding hydrogens is 299 g/mol. The molecule has 23 heavy (non-hydrogen) atoms. The van der Waals surface area contributed by atoms with E-state index in [0.29, 0.717) is 23.4 Å². The number of halogens is 1. The maximum absolute atomic E-state index is 14.4. The van der Waals surface area contributed by atoms with Gasteiger partial charge in [0.05, 0.1) is 11.6 Å². The van der Waals surface area contributed by atoms with E-state index in [0.717, 1.165) is 0 Å². The molecule has 2 aromatic rings. The van der Waals surface area contributed by atoms with Crippen LogP contribution in [-0.4, -0.2) is 44.7 Å². The fraction of sp³-hybridized carbons (Fsp3) is 0.438. The van der Waals surface area contributed by atoms with Crippen molar-refractivity contribution in [3.8, 4) is 0 Å². The highest BCUT2D eigenvalue weighted by Crippen LogP contribution is 2.35. The van der Waals surface area contributed by atoms with Crippen LogP contribution in [0.15, 0.2) is 31.0 Å². The van der Waals surface area contributed by atoms with E-state index < -0.39 is 12.2 Å². The molecule has 1 saturated carbocycles. The summed E-state index contributed by atoms with van der Waals surface area (Å²) in [5, 5.41) is 12.4. The number of carbonyl (C=O) groups is 1. The number of anilines is 1. The molecule has 2 aromatic heterocycles. The van der Waals surface area contributed by atoms with Gasteiger partial charge in [-0.15, -0.1) is 0 Å². The Morgan fingerprint density at radius 2 is 2.39 bits per heavy atom. The number of alkyl halides is 1. The van der Waals surface area contributed by atoms with Gasteiger partial charge >= 0.3 is 0 Å². The van der Waals surface area contributed by atoms with E-state index in [1.54, 1.807) is 25.4 Å². The fourth-order valence-corrected chi connectivity index (χ4v) is 3.08. The molecule has 0 radical (unpaired) electrons. The third kappa shape index (κ3) is 2.96. The Balaban J connectivity index is 1.83. The average molecular weight is 318 g/mol. The number of nitrogens with zero attached hydrogens (tertiary/aromatic N) is 2. The number of H-pyrrole nitrogens is 1. The minimum absolute atomic E-state index is 0.0430. The molecule has 0 saturated heterocycles. The molecule has 3 N–H and O–H groups in total. The number of aliphatic hydroxyl groups excluding tert-OH is 1. The molecule has 0 spiro atoms. The summed E-state index contributed by atoms with van der Waals surface area (Å²) in [4.78, 5) is 23.3. The molecular formula is C16H19FN4O2. The summed E-state index contributed by atoms with van der Waals surface area (Å²) < 4.78 is 14.4. The van der Waals surface area contributed by atoms with Gasteiger partial charge in [0.2, 0.25) is 0 Å². The van der Waals surface area contributed by atoms with Gasteiger partial charge in [0.15, 0.2) is 5.78 Å². The largest absolute Gasteiger partial charge is 0.396 e. The van der Waals surface area contributed by atoms with Gasteiger partial charge in [-0.3, -0.25) is 4.79 Å². The van der Waals surface area contributed by atoms with Gasteiger partial charge in [-0.25, -0.2) is 14.4 Å². The van der Waals surface area contributed by atoms with Crippen LogP contribution in [0.25, 0.3) is 0 Å². The molecule has 0 aromatic carbocycles. The van der Waals surface area contributed by atoms with Crippen LogP contribution < -0.4 is 5.32 Å². The van der Waals surface area contributed by atoms with Crippen LogP contribution in [0, 0.1) is 11.8 Å².